The molecule has 2 aromatic carbocycles. The lowest BCUT2D eigenvalue weighted by molar-refractivity contribution is 0.102. The maximum absolute atomic E-state index is 12.2. The molecule has 0 spiro atoms. The standard InChI is InChI=1S/C20H18N2OS/c1-14-7-9-16(10-8-14)19(23)13-24-20-12-11-18(21-22-20)17-6-4-3-5-15(17)2/h3-12H,13H2,1-2H3. The first-order valence-electron chi connectivity index (χ1n) is 7.76. The molecule has 4 heteroatoms. The monoisotopic (exact) mass is 334 g/mol. The number of aryl methyl sites for hydroxylation is 2. The minimum atomic E-state index is 0.102. The fourth-order valence-electron chi connectivity index (χ4n) is 2.36. The summed E-state index contributed by atoms with van der Waals surface area (Å²) in [5.41, 5.74) is 4.98. The Morgan fingerprint density at radius 2 is 1.67 bits per heavy atom. The summed E-state index contributed by atoms with van der Waals surface area (Å²) in [6.07, 6.45) is 0. The smallest absolute Gasteiger partial charge is 0.173 e. The average molecular weight is 334 g/mol. The number of carbonyl (C=O) groups is 1. The summed E-state index contributed by atoms with van der Waals surface area (Å²) in [6.45, 7) is 4.06. The molecule has 0 radical (unpaired) electrons. The van der Waals surface area contributed by atoms with Gasteiger partial charge in [-0.05, 0) is 31.5 Å². The van der Waals surface area contributed by atoms with Crippen molar-refractivity contribution >= 4 is 17.5 Å². The SMILES string of the molecule is Cc1ccc(C(=O)CSc2ccc(-c3ccccc3C)nn2)cc1. The molecule has 0 N–H and O–H groups in total. The minimum Gasteiger partial charge on any atom is -0.293 e. The van der Waals surface area contributed by atoms with E-state index in [0.29, 0.717) is 5.75 Å². The van der Waals surface area contributed by atoms with E-state index in [1.54, 1.807) is 0 Å². The van der Waals surface area contributed by atoms with Crippen LogP contribution in [0.15, 0.2) is 65.7 Å². The highest BCUT2D eigenvalue weighted by atomic mass is 32.2. The second-order valence-electron chi connectivity index (χ2n) is 5.65. The average Bonchev–Trinajstić information content (AvgIpc) is 2.61. The molecule has 0 aliphatic rings. The molecular formula is C20H18N2OS. The van der Waals surface area contributed by atoms with Crippen molar-refractivity contribution < 1.29 is 4.79 Å². The Labute approximate surface area is 146 Å². The second kappa shape index (κ2) is 7.41. The molecule has 0 unspecified atom stereocenters. The van der Waals surface area contributed by atoms with Gasteiger partial charge in [-0.2, -0.15) is 0 Å². The molecule has 0 aliphatic carbocycles. The van der Waals surface area contributed by atoms with Crippen molar-refractivity contribution in [3.05, 3.63) is 77.4 Å². The molecule has 0 atom stereocenters. The van der Waals surface area contributed by atoms with Crippen LogP contribution in [0.2, 0.25) is 0 Å². The zero-order valence-corrected chi connectivity index (χ0v) is 14.5. The molecule has 0 saturated heterocycles. The third-order valence-corrected chi connectivity index (χ3v) is 4.71. The van der Waals surface area contributed by atoms with E-state index in [-0.39, 0.29) is 5.78 Å². The third-order valence-electron chi connectivity index (χ3n) is 3.79. The number of carbonyl (C=O) groups excluding carboxylic acids is 1. The predicted molar refractivity (Wildman–Crippen MR) is 98.4 cm³/mol. The lowest BCUT2D eigenvalue weighted by Gasteiger charge is -2.05. The molecule has 3 rings (SSSR count). The number of ketones is 1. The van der Waals surface area contributed by atoms with Gasteiger partial charge in [-0.3, -0.25) is 4.79 Å². The van der Waals surface area contributed by atoms with Gasteiger partial charge in [0.05, 0.1) is 11.4 Å². The van der Waals surface area contributed by atoms with Gasteiger partial charge < -0.3 is 0 Å². The van der Waals surface area contributed by atoms with Crippen LogP contribution in [0.1, 0.15) is 21.5 Å². The van der Waals surface area contributed by atoms with Gasteiger partial charge >= 0.3 is 0 Å². The van der Waals surface area contributed by atoms with E-state index < -0.39 is 0 Å². The first-order valence-corrected chi connectivity index (χ1v) is 8.74. The van der Waals surface area contributed by atoms with Crippen LogP contribution < -0.4 is 0 Å². The van der Waals surface area contributed by atoms with Gasteiger partial charge in [0, 0.05) is 11.1 Å². The van der Waals surface area contributed by atoms with Crippen molar-refractivity contribution in [3.8, 4) is 11.3 Å². The molecule has 0 saturated carbocycles. The number of benzene rings is 2. The second-order valence-corrected chi connectivity index (χ2v) is 6.65. The summed E-state index contributed by atoms with van der Waals surface area (Å²) >= 11 is 1.41. The van der Waals surface area contributed by atoms with E-state index in [9.17, 15) is 4.79 Å². The zero-order valence-electron chi connectivity index (χ0n) is 13.7. The highest BCUT2D eigenvalue weighted by Crippen LogP contribution is 2.23. The van der Waals surface area contributed by atoms with Gasteiger partial charge in [0.1, 0.15) is 5.03 Å². The summed E-state index contributed by atoms with van der Waals surface area (Å²) in [7, 11) is 0. The molecule has 0 aliphatic heterocycles. The molecule has 120 valence electrons. The first kappa shape index (κ1) is 16.4. The molecule has 0 amide bonds. The number of hydrogen-bond acceptors (Lipinski definition) is 4. The largest absolute Gasteiger partial charge is 0.293 e. The van der Waals surface area contributed by atoms with Gasteiger partial charge in [0.25, 0.3) is 0 Å². The number of hydrogen-bond donors (Lipinski definition) is 0. The van der Waals surface area contributed by atoms with Crippen molar-refractivity contribution in [2.75, 3.05) is 5.75 Å². The molecule has 1 aromatic heterocycles. The van der Waals surface area contributed by atoms with E-state index in [2.05, 4.69) is 23.2 Å². The molecule has 1 heterocycles. The topological polar surface area (TPSA) is 42.9 Å². The molecule has 3 nitrogen and oxygen atoms in total. The zero-order chi connectivity index (χ0) is 16.9. The minimum absolute atomic E-state index is 0.102. The highest BCUT2D eigenvalue weighted by molar-refractivity contribution is 7.99. The van der Waals surface area contributed by atoms with E-state index >= 15 is 0 Å². The highest BCUT2D eigenvalue weighted by Gasteiger charge is 2.08. The Morgan fingerprint density at radius 1 is 0.917 bits per heavy atom. The predicted octanol–water partition coefficient (Wildman–Crippen LogP) is 4.74. The Balaban J connectivity index is 1.65. The van der Waals surface area contributed by atoms with Crippen LogP contribution in [0.3, 0.4) is 0 Å². The summed E-state index contributed by atoms with van der Waals surface area (Å²) in [5.74, 6) is 0.464. The van der Waals surface area contributed by atoms with Crippen molar-refractivity contribution in [1.82, 2.24) is 10.2 Å². The molecule has 0 fully saturated rings. The van der Waals surface area contributed by atoms with E-state index in [1.807, 2.05) is 61.5 Å². The number of thioether (sulfide) groups is 1. The number of rotatable bonds is 5. The number of aromatic nitrogens is 2. The van der Waals surface area contributed by atoms with E-state index in [0.717, 1.165) is 27.4 Å². The van der Waals surface area contributed by atoms with Gasteiger partial charge in [-0.25, -0.2) is 0 Å². The summed E-state index contributed by atoms with van der Waals surface area (Å²) in [6, 6.07) is 19.6. The Morgan fingerprint density at radius 3 is 2.33 bits per heavy atom. The summed E-state index contributed by atoms with van der Waals surface area (Å²) in [5, 5.41) is 9.28. The van der Waals surface area contributed by atoms with Crippen molar-refractivity contribution in [1.29, 1.82) is 0 Å². The quantitative estimate of drug-likeness (QED) is 0.499. The van der Waals surface area contributed by atoms with Gasteiger partial charge in [-0.1, -0.05) is 65.9 Å². The first-order chi connectivity index (χ1) is 11.6. The Kier molecular flexibility index (Phi) is 5.06. The van der Waals surface area contributed by atoms with Gasteiger partial charge in [0.2, 0.25) is 0 Å². The van der Waals surface area contributed by atoms with Crippen LogP contribution in [-0.4, -0.2) is 21.7 Å². The fraction of sp³-hybridized carbons (Fsp3) is 0.150. The van der Waals surface area contributed by atoms with Crippen LogP contribution in [0.5, 0.6) is 0 Å². The maximum Gasteiger partial charge on any atom is 0.173 e. The van der Waals surface area contributed by atoms with Crippen LogP contribution >= 0.6 is 11.8 Å². The fourth-order valence-corrected chi connectivity index (χ4v) is 3.07. The van der Waals surface area contributed by atoms with E-state index in [1.165, 1.54) is 17.3 Å². The molecule has 0 bridgehead atoms. The van der Waals surface area contributed by atoms with Crippen LogP contribution in [0.4, 0.5) is 0 Å². The Bertz CT molecular complexity index is 842. The Hall–Kier alpha value is -2.46. The number of nitrogens with zero attached hydrogens (tertiary/aromatic N) is 2. The van der Waals surface area contributed by atoms with Crippen LogP contribution in [-0.2, 0) is 0 Å². The van der Waals surface area contributed by atoms with Crippen LogP contribution in [0, 0.1) is 13.8 Å². The molecule has 24 heavy (non-hydrogen) atoms. The van der Waals surface area contributed by atoms with Crippen molar-refractivity contribution in [2.45, 2.75) is 18.9 Å². The van der Waals surface area contributed by atoms with Crippen LogP contribution in [0.25, 0.3) is 11.3 Å². The van der Waals surface area contributed by atoms with Crippen molar-refractivity contribution in [2.24, 2.45) is 0 Å². The summed E-state index contributed by atoms with van der Waals surface area (Å²) < 4.78 is 0. The summed E-state index contributed by atoms with van der Waals surface area (Å²) in [4.78, 5) is 12.2. The molecule has 3 aromatic rings. The number of Topliss-reactive ketones (excluding diaryl/α,β-unsaturated/α-hetero) is 1. The maximum atomic E-state index is 12.2. The van der Waals surface area contributed by atoms with Crippen molar-refractivity contribution in [3.63, 3.8) is 0 Å². The normalized spacial score (nSPS) is 10.6. The lowest BCUT2D eigenvalue weighted by Crippen LogP contribution is -2.02. The lowest BCUT2D eigenvalue weighted by atomic mass is 10.1. The third kappa shape index (κ3) is 3.89. The molecular weight excluding hydrogens is 316 g/mol. The van der Waals surface area contributed by atoms with Gasteiger partial charge in [0.15, 0.2) is 5.78 Å². The van der Waals surface area contributed by atoms with E-state index in [4.69, 9.17) is 0 Å². The van der Waals surface area contributed by atoms with Gasteiger partial charge in [-0.15, -0.1) is 10.2 Å².